The summed E-state index contributed by atoms with van der Waals surface area (Å²) in [6.07, 6.45) is -2.25. The zero-order chi connectivity index (χ0) is 17.4. The number of benzene rings is 3. The summed E-state index contributed by atoms with van der Waals surface area (Å²) in [6, 6.07) is 21.6. The second-order valence-electron chi connectivity index (χ2n) is 6.06. The average molecular weight is 338 g/mol. The van der Waals surface area contributed by atoms with E-state index in [1.807, 2.05) is 36.4 Å². The van der Waals surface area contributed by atoms with Crippen LogP contribution in [0.4, 0.5) is 13.2 Å². The van der Waals surface area contributed by atoms with Crippen LogP contribution in [-0.4, -0.2) is 0 Å². The van der Waals surface area contributed by atoms with Crippen LogP contribution < -0.4 is 4.57 Å². The molecule has 0 fully saturated rings. The average Bonchev–Trinajstić information content (AvgIpc) is 2.62. The van der Waals surface area contributed by atoms with E-state index in [0.717, 1.165) is 34.0 Å². The summed E-state index contributed by atoms with van der Waals surface area (Å²) < 4.78 is 40.3. The van der Waals surface area contributed by atoms with Crippen LogP contribution in [0.25, 0.3) is 21.7 Å². The molecule has 1 aromatic heterocycles. The Hall–Kier alpha value is -2.88. The lowest BCUT2D eigenvalue weighted by Gasteiger charge is -2.08. The minimum atomic E-state index is -4.30. The van der Waals surface area contributed by atoms with Gasteiger partial charge in [-0.2, -0.15) is 17.7 Å². The van der Waals surface area contributed by atoms with Crippen molar-refractivity contribution in [2.45, 2.75) is 12.7 Å². The number of para-hydroxylation sites is 1. The fourth-order valence-corrected chi connectivity index (χ4v) is 3.17. The third-order valence-electron chi connectivity index (χ3n) is 4.39. The Balaban J connectivity index is 1.80. The maximum Gasteiger partial charge on any atom is 0.416 e. The molecule has 3 aromatic carbocycles. The summed E-state index contributed by atoms with van der Waals surface area (Å²) in [5, 5.41) is 3.40. The van der Waals surface area contributed by atoms with Gasteiger partial charge in [-0.15, -0.1) is 0 Å². The molecule has 0 radical (unpaired) electrons. The molecule has 0 aliphatic carbocycles. The molecule has 0 aliphatic heterocycles. The Morgan fingerprint density at radius 3 is 2.08 bits per heavy atom. The molecule has 0 aliphatic rings. The van der Waals surface area contributed by atoms with Crippen molar-refractivity contribution in [3.8, 4) is 0 Å². The van der Waals surface area contributed by atoms with Crippen LogP contribution in [0.2, 0.25) is 0 Å². The van der Waals surface area contributed by atoms with Crippen LogP contribution in [0.5, 0.6) is 0 Å². The molecule has 124 valence electrons. The number of halogens is 3. The smallest absolute Gasteiger partial charge is 0.193 e. The van der Waals surface area contributed by atoms with Crippen molar-refractivity contribution in [3.05, 3.63) is 90.1 Å². The molecule has 4 rings (SSSR count). The summed E-state index contributed by atoms with van der Waals surface area (Å²) in [4.78, 5) is 0. The van der Waals surface area contributed by atoms with Crippen molar-refractivity contribution >= 4 is 21.7 Å². The van der Waals surface area contributed by atoms with E-state index in [-0.39, 0.29) is 0 Å². The van der Waals surface area contributed by atoms with Crippen LogP contribution in [0.3, 0.4) is 0 Å². The molecule has 0 spiro atoms. The van der Waals surface area contributed by atoms with Gasteiger partial charge in [-0.3, -0.25) is 0 Å². The van der Waals surface area contributed by atoms with Gasteiger partial charge in [0.15, 0.2) is 12.7 Å². The standard InChI is InChI=1S/C21H15F3N/c22-21(23,24)17-11-9-15(10-12-17)13-25-14-16-5-1-2-6-18(16)19-7-3-4-8-20(19)25/h1-12,14H,13H2/q+1. The first kappa shape index (κ1) is 15.6. The van der Waals surface area contributed by atoms with E-state index in [9.17, 15) is 13.2 Å². The summed E-state index contributed by atoms with van der Waals surface area (Å²) in [7, 11) is 0. The summed E-state index contributed by atoms with van der Waals surface area (Å²) in [5.74, 6) is 0. The fourth-order valence-electron chi connectivity index (χ4n) is 3.17. The lowest BCUT2D eigenvalue weighted by molar-refractivity contribution is -0.661. The van der Waals surface area contributed by atoms with Crippen molar-refractivity contribution in [1.29, 1.82) is 0 Å². The van der Waals surface area contributed by atoms with Gasteiger partial charge in [0.2, 0.25) is 5.52 Å². The Kier molecular flexibility index (Phi) is 3.68. The minimum Gasteiger partial charge on any atom is -0.193 e. The number of hydrogen-bond acceptors (Lipinski definition) is 0. The molecule has 4 heteroatoms. The van der Waals surface area contributed by atoms with Crippen molar-refractivity contribution in [3.63, 3.8) is 0 Å². The van der Waals surface area contributed by atoms with Gasteiger partial charge in [0.1, 0.15) is 0 Å². The maximum absolute atomic E-state index is 12.7. The molecule has 0 unspecified atom stereocenters. The minimum absolute atomic E-state index is 0.517. The molecular weight excluding hydrogens is 323 g/mol. The first-order chi connectivity index (χ1) is 12.0. The Labute approximate surface area is 143 Å². The van der Waals surface area contributed by atoms with Gasteiger partial charge in [0, 0.05) is 22.4 Å². The van der Waals surface area contributed by atoms with E-state index >= 15 is 0 Å². The normalized spacial score (nSPS) is 12.0. The second-order valence-corrected chi connectivity index (χ2v) is 6.06. The third kappa shape index (κ3) is 2.95. The number of aromatic nitrogens is 1. The molecule has 0 amide bonds. The Morgan fingerprint density at radius 1 is 0.720 bits per heavy atom. The quantitative estimate of drug-likeness (QED) is 0.343. The molecule has 4 aromatic rings. The molecular formula is C21H15F3N+. The third-order valence-corrected chi connectivity index (χ3v) is 4.39. The molecule has 0 bridgehead atoms. The van der Waals surface area contributed by atoms with Gasteiger partial charge in [-0.25, -0.2) is 0 Å². The Morgan fingerprint density at radius 2 is 1.36 bits per heavy atom. The number of fused-ring (bicyclic) bond motifs is 3. The van der Waals surface area contributed by atoms with E-state index < -0.39 is 11.7 Å². The van der Waals surface area contributed by atoms with Gasteiger partial charge < -0.3 is 0 Å². The van der Waals surface area contributed by atoms with E-state index in [0.29, 0.717) is 6.54 Å². The van der Waals surface area contributed by atoms with Crippen molar-refractivity contribution < 1.29 is 17.7 Å². The first-order valence-electron chi connectivity index (χ1n) is 7.98. The van der Waals surface area contributed by atoms with Gasteiger partial charge in [-0.1, -0.05) is 42.5 Å². The number of pyridine rings is 1. The number of hydrogen-bond donors (Lipinski definition) is 0. The van der Waals surface area contributed by atoms with Crippen molar-refractivity contribution in [2.24, 2.45) is 0 Å². The van der Waals surface area contributed by atoms with Gasteiger partial charge in [-0.05, 0) is 24.3 Å². The molecule has 25 heavy (non-hydrogen) atoms. The number of nitrogens with zero attached hydrogens (tertiary/aromatic N) is 1. The monoisotopic (exact) mass is 338 g/mol. The van der Waals surface area contributed by atoms with Gasteiger partial charge in [0.05, 0.1) is 10.9 Å². The van der Waals surface area contributed by atoms with Gasteiger partial charge >= 0.3 is 6.18 Å². The first-order valence-corrected chi connectivity index (χ1v) is 7.98. The molecule has 0 saturated heterocycles. The highest BCUT2D eigenvalue weighted by Crippen LogP contribution is 2.29. The number of alkyl halides is 3. The molecule has 1 heterocycles. The zero-order valence-electron chi connectivity index (χ0n) is 13.3. The Bertz CT molecular complexity index is 1050. The summed E-state index contributed by atoms with van der Waals surface area (Å²) in [5.41, 5.74) is 1.27. The molecule has 0 saturated carbocycles. The van der Waals surface area contributed by atoms with Crippen LogP contribution in [0, 0.1) is 0 Å². The van der Waals surface area contributed by atoms with Crippen LogP contribution in [0.15, 0.2) is 79.0 Å². The van der Waals surface area contributed by atoms with Gasteiger partial charge in [0.25, 0.3) is 0 Å². The highest BCUT2D eigenvalue weighted by Gasteiger charge is 2.30. The highest BCUT2D eigenvalue weighted by atomic mass is 19.4. The fraction of sp³-hybridized carbons (Fsp3) is 0.0952. The van der Waals surface area contributed by atoms with E-state index in [4.69, 9.17) is 0 Å². The molecule has 0 N–H and O–H groups in total. The lowest BCUT2D eigenvalue weighted by atomic mass is 10.1. The maximum atomic E-state index is 12.7. The summed E-state index contributed by atoms with van der Waals surface area (Å²) in [6.45, 7) is 0.517. The van der Waals surface area contributed by atoms with E-state index in [1.54, 1.807) is 12.1 Å². The molecule has 1 nitrogen and oxygen atoms in total. The molecule has 0 atom stereocenters. The largest absolute Gasteiger partial charge is 0.416 e. The van der Waals surface area contributed by atoms with Crippen LogP contribution >= 0.6 is 0 Å². The predicted molar refractivity (Wildman–Crippen MR) is 92.2 cm³/mol. The van der Waals surface area contributed by atoms with Crippen LogP contribution in [-0.2, 0) is 12.7 Å². The SMILES string of the molecule is FC(F)(F)c1ccc(C[n+]2cc3ccccc3c3ccccc32)cc1. The number of rotatable bonds is 2. The van der Waals surface area contributed by atoms with Crippen LogP contribution in [0.1, 0.15) is 11.1 Å². The highest BCUT2D eigenvalue weighted by molar-refractivity contribution is 6.03. The second kappa shape index (κ2) is 5.88. The van der Waals surface area contributed by atoms with Crippen molar-refractivity contribution in [2.75, 3.05) is 0 Å². The topological polar surface area (TPSA) is 3.88 Å². The van der Waals surface area contributed by atoms with Crippen molar-refractivity contribution in [1.82, 2.24) is 0 Å². The summed E-state index contributed by atoms with van der Waals surface area (Å²) >= 11 is 0. The van der Waals surface area contributed by atoms with E-state index in [1.165, 1.54) is 5.39 Å². The lowest BCUT2D eigenvalue weighted by Crippen LogP contribution is -2.34. The predicted octanol–water partition coefficient (Wildman–Crippen LogP) is 5.35. The van der Waals surface area contributed by atoms with E-state index in [2.05, 4.69) is 22.9 Å². The zero-order valence-corrected chi connectivity index (χ0v) is 13.3.